The Kier molecular flexibility index (Phi) is 6.59. The molecule has 8 nitrogen and oxygen atoms in total. The molecule has 0 N–H and O–H groups in total. The average molecular weight is 391 g/mol. The van der Waals surface area contributed by atoms with Gasteiger partial charge < -0.3 is 19.4 Å². The molecule has 27 heavy (non-hydrogen) atoms. The summed E-state index contributed by atoms with van der Waals surface area (Å²) in [5, 5.41) is 15.2. The van der Waals surface area contributed by atoms with E-state index in [0.29, 0.717) is 5.56 Å². The summed E-state index contributed by atoms with van der Waals surface area (Å²) in [4.78, 5) is 18.6. The Bertz CT molecular complexity index is 986. The van der Waals surface area contributed by atoms with Crippen LogP contribution in [0.1, 0.15) is 16.1 Å². The van der Waals surface area contributed by atoms with Gasteiger partial charge in [-0.15, -0.1) is 5.10 Å². The van der Waals surface area contributed by atoms with E-state index in [1.54, 1.807) is 6.92 Å². The number of aromatic nitrogens is 4. The number of carbonyl (C=O) groups is 1. The summed E-state index contributed by atoms with van der Waals surface area (Å²) in [6.07, 6.45) is -0.279. The van der Waals surface area contributed by atoms with Crippen molar-refractivity contribution in [2.24, 2.45) is 0 Å². The van der Waals surface area contributed by atoms with Crippen molar-refractivity contribution in [3.63, 3.8) is 0 Å². The number of carboxylic acids is 1. The molecule has 0 bridgehead atoms. The van der Waals surface area contributed by atoms with Crippen LogP contribution in [0.5, 0.6) is 17.5 Å². The maximum absolute atomic E-state index is 12.4. The SMILES string of the molecule is Cc1cc2nc(C(=O)[O-])cn2nc1Oc1ncc(Cl)cc1OCC(F)F.[Li+]. The van der Waals surface area contributed by atoms with Crippen LogP contribution in [0.3, 0.4) is 0 Å². The number of rotatable bonds is 6. The molecule has 0 fully saturated rings. The largest absolute Gasteiger partial charge is 1.00 e. The van der Waals surface area contributed by atoms with E-state index < -0.39 is 19.0 Å². The van der Waals surface area contributed by atoms with E-state index in [2.05, 4.69) is 15.1 Å². The molecule has 3 rings (SSSR count). The first-order chi connectivity index (χ1) is 12.3. The Hall–Kier alpha value is -2.41. The molecule has 3 heterocycles. The summed E-state index contributed by atoms with van der Waals surface area (Å²) < 4.78 is 36.5. The number of hydrogen-bond acceptors (Lipinski definition) is 7. The molecule has 0 amide bonds. The number of carbonyl (C=O) groups excluding carboxylic acids is 1. The summed E-state index contributed by atoms with van der Waals surface area (Å²) in [5.74, 6) is -1.60. The Morgan fingerprint density at radius 3 is 2.78 bits per heavy atom. The van der Waals surface area contributed by atoms with Gasteiger partial charge in [-0.25, -0.2) is 23.3 Å². The number of nitrogens with zero attached hydrogens (tertiary/aromatic N) is 4. The first kappa shape index (κ1) is 20.9. The average Bonchev–Trinajstić information content (AvgIpc) is 2.98. The molecule has 0 unspecified atom stereocenters. The summed E-state index contributed by atoms with van der Waals surface area (Å²) in [7, 11) is 0. The molecule has 3 aromatic heterocycles. The van der Waals surface area contributed by atoms with Crippen LogP contribution in [0, 0.1) is 6.92 Å². The van der Waals surface area contributed by atoms with Gasteiger partial charge in [0, 0.05) is 17.8 Å². The fourth-order valence-corrected chi connectivity index (χ4v) is 2.18. The van der Waals surface area contributed by atoms with Gasteiger partial charge in [0.05, 0.1) is 17.2 Å². The van der Waals surface area contributed by atoms with E-state index >= 15 is 0 Å². The minimum atomic E-state index is -2.69. The van der Waals surface area contributed by atoms with Crippen LogP contribution in [0.15, 0.2) is 24.5 Å². The van der Waals surface area contributed by atoms with Crippen molar-refractivity contribution in [3.8, 4) is 17.5 Å². The predicted molar refractivity (Wildman–Crippen MR) is 82.9 cm³/mol. The minimum absolute atomic E-state index is 0. The second-order valence-corrected chi connectivity index (χ2v) is 5.55. The van der Waals surface area contributed by atoms with Gasteiger partial charge in [-0.05, 0) is 13.0 Å². The molecule has 0 saturated heterocycles. The third-order valence-electron chi connectivity index (χ3n) is 3.15. The number of carboxylic acid groups (broad SMARTS) is 1. The van der Waals surface area contributed by atoms with E-state index in [1.807, 2.05) is 0 Å². The first-order valence-corrected chi connectivity index (χ1v) is 7.54. The molecular weight excluding hydrogens is 381 g/mol. The topological polar surface area (TPSA) is 102 Å². The zero-order chi connectivity index (χ0) is 18.8. The van der Waals surface area contributed by atoms with E-state index in [9.17, 15) is 18.7 Å². The van der Waals surface area contributed by atoms with Gasteiger partial charge in [-0.2, -0.15) is 0 Å². The smallest absolute Gasteiger partial charge is 0.543 e. The van der Waals surface area contributed by atoms with Crippen LogP contribution in [0.25, 0.3) is 5.65 Å². The van der Waals surface area contributed by atoms with Crippen molar-refractivity contribution < 1.29 is 47.0 Å². The molecule has 3 aromatic rings. The number of fused-ring (bicyclic) bond motifs is 1. The number of hydrogen-bond donors (Lipinski definition) is 0. The standard InChI is InChI=1S/C15H11ClF2N4O4.Li/c1-7-2-12-20-9(15(23)24)5-22(12)21-13(7)26-14-10(25-6-11(17)18)3-8(16)4-19-14;/h2-5,11H,6H2,1H3,(H,23,24);/q;+1/p-1. The van der Waals surface area contributed by atoms with Crippen LogP contribution in [-0.4, -0.2) is 38.6 Å². The van der Waals surface area contributed by atoms with Gasteiger partial charge in [0.15, 0.2) is 11.4 Å². The van der Waals surface area contributed by atoms with Gasteiger partial charge in [0.2, 0.25) is 5.88 Å². The van der Waals surface area contributed by atoms with Crippen LogP contribution in [0.4, 0.5) is 8.78 Å². The first-order valence-electron chi connectivity index (χ1n) is 7.16. The van der Waals surface area contributed by atoms with Crippen LogP contribution in [0.2, 0.25) is 5.02 Å². The van der Waals surface area contributed by atoms with E-state index in [1.165, 1.54) is 22.8 Å². The maximum Gasteiger partial charge on any atom is 1.00 e. The number of halogens is 3. The van der Waals surface area contributed by atoms with Gasteiger partial charge >= 0.3 is 18.9 Å². The monoisotopic (exact) mass is 390 g/mol. The number of alkyl halides is 2. The number of imidazole rings is 1. The van der Waals surface area contributed by atoms with Crippen LogP contribution in [-0.2, 0) is 0 Å². The van der Waals surface area contributed by atoms with E-state index in [0.717, 1.165) is 6.20 Å². The van der Waals surface area contributed by atoms with Crippen molar-refractivity contribution in [2.45, 2.75) is 13.3 Å². The molecule has 136 valence electrons. The molecule has 0 aliphatic carbocycles. The van der Waals surface area contributed by atoms with Crippen molar-refractivity contribution >= 4 is 23.2 Å². The molecule has 0 radical (unpaired) electrons. The number of aryl methyl sites for hydroxylation is 1. The summed E-state index contributed by atoms with van der Waals surface area (Å²) >= 11 is 5.80. The number of ether oxygens (including phenoxy) is 2. The Balaban J connectivity index is 0.00000261. The fraction of sp³-hybridized carbons (Fsp3) is 0.200. The Morgan fingerprint density at radius 1 is 1.37 bits per heavy atom. The molecule has 0 aliphatic heterocycles. The summed E-state index contributed by atoms with van der Waals surface area (Å²) in [6, 6.07) is 2.82. The maximum atomic E-state index is 12.4. The third kappa shape index (κ3) is 4.85. The second kappa shape index (κ2) is 8.52. The van der Waals surface area contributed by atoms with Crippen LogP contribution >= 0.6 is 11.6 Å². The molecule has 0 spiro atoms. The van der Waals surface area contributed by atoms with Crippen molar-refractivity contribution in [2.75, 3.05) is 6.61 Å². The minimum Gasteiger partial charge on any atom is -0.543 e. The van der Waals surface area contributed by atoms with Crippen molar-refractivity contribution in [3.05, 3.63) is 40.8 Å². The van der Waals surface area contributed by atoms with Gasteiger partial charge in [0.1, 0.15) is 12.3 Å². The molecule has 0 aromatic carbocycles. The van der Waals surface area contributed by atoms with E-state index in [4.69, 9.17) is 21.1 Å². The number of aromatic carboxylic acids is 1. The molecule has 0 atom stereocenters. The zero-order valence-corrected chi connectivity index (χ0v) is 14.9. The molecule has 0 aliphatic rings. The summed E-state index contributed by atoms with van der Waals surface area (Å²) in [5.41, 5.74) is 0.483. The fourth-order valence-electron chi connectivity index (χ4n) is 2.03. The van der Waals surface area contributed by atoms with Gasteiger partial charge in [-0.1, -0.05) is 11.6 Å². The normalized spacial score (nSPS) is 10.7. The predicted octanol–water partition coefficient (Wildman–Crippen LogP) is -1.11. The van der Waals surface area contributed by atoms with Crippen LogP contribution < -0.4 is 33.4 Å². The second-order valence-electron chi connectivity index (χ2n) is 5.11. The van der Waals surface area contributed by atoms with E-state index in [-0.39, 0.29) is 52.7 Å². The van der Waals surface area contributed by atoms with Crippen molar-refractivity contribution in [1.82, 2.24) is 19.6 Å². The Morgan fingerprint density at radius 2 is 2.11 bits per heavy atom. The molecule has 0 saturated carbocycles. The number of pyridine rings is 1. The molecule has 12 heteroatoms. The van der Waals surface area contributed by atoms with Gasteiger partial charge in [-0.3, -0.25) is 0 Å². The third-order valence-corrected chi connectivity index (χ3v) is 3.35. The van der Waals surface area contributed by atoms with Crippen molar-refractivity contribution in [1.29, 1.82) is 0 Å². The molecular formula is C15H10ClF2LiN4O4. The van der Waals surface area contributed by atoms with Gasteiger partial charge in [0.25, 0.3) is 12.3 Å². The Labute approximate surface area is 168 Å². The quantitative estimate of drug-likeness (QED) is 0.492. The zero-order valence-electron chi connectivity index (χ0n) is 14.1. The summed E-state index contributed by atoms with van der Waals surface area (Å²) in [6.45, 7) is 0.783.